The highest BCUT2D eigenvalue weighted by Crippen LogP contribution is 2.26. The molecule has 0 saturated heterocycles. The fraction of sp³-hybridized carbons (Fsp3) is 0.0952. The molecular formula is C21H23N7S. The van der Waals surface area contributed by atoms with Crippen molar-refractivity contribution in [3.8, 4) is 11.3 Å². The molecule has 0 aliphatic carbocycles. The smallest absolute Gasteiger partial charge is 0.166 e. The fourth-order valence-corrected chi connectivity index (χ4v) is 2.90. The van der Waals surface area contributed by atoms with E-state index in [2.05, 4.69) is 33.6 Å². The molecular weight excluding hydrogens is 382 g/mol. The first-order valence-electron chi connectivity index (χ1n) is 8.89. The van der Waals surface area contributed by atoms with Crippen LogP contribution < -0.4 is 22.3 Å². The van der Waals surface area contributed by atoms with Crippen molar-refractivity contribution in [3.63, 3.8) is 0 Å². The molecule has 0 atom stereocenters. The number of benzene rings is 1. The Hall–Kier alpha value is -3.36. The second-order valence-electron chi connectivity index (χ2n) is 6.24. The van der Waals surface area contributed by atoms with E-state index in [-0.39, 0.29) is 0 Å². The monoisotopic (exact) mass is 405 g/mol. The van der Waals surface area contributed by atoms with Gasteiger partial charge in [-0.15, -0.1) is 0 Å². The number of aromatic nitrogens is 3. The van der Waals surface area contributed by atoms with E-state index >= 15 is 0 Å². The zero-order valence-electron chi connectivity index (χ0n) is 16.0. The molecule has 0 radical (unpaired) electrons. The van der Waals surface area contributed by atoms with Crippen LogP contribution in [0.2, 0.25) is 0 Å². The maximum absolute atomic E-state index is 6.28. The van der Waals surface area contributed by atoms with E-state index in [1.54, 1.807) is 35.8 Å². The van der Waals surface area contributed by atoms with Crippen LogP contribution in [0.3, 0.4) is 0 Å². The van der Waals surface area contributed by atoms with Gasteiger partial charge in [0.15, 0.2) is 5.82 Å². The normalized spacial score (nSPS) is 10.3. The lowest BCUT2D eigenvalue weighted by Crippen LogP contribution is -2.31. The quantitative estimate of drug-likeness (QED) is 0.234. The summed E-state index contributed by atoms with van der Waals surface area (Å²) >= 11 is 3.53. The summed E-state index contributed by atoms with van der Waals surface area (Å²) in [5.74, 6) is 7.25. The lowest BCUT2D eigenvalue weighted by Gasteiger charge is -2.20. The van der Waals surface area contributed by atoms with Crippen molar-refractivity contribution in [2.24, 2.45) is 5.84 Å². The van der Waals surface area contributed by atoms with Crippen molar-refractivity contribution in [3.05, 3.63) is 72.6 Å². The summed E-state index contributed by atoms with van der Waals surface area (Å²) in [6, 6.07) is 17.2. The lowest BCUT2D eigenvalue weighted by molar-refractivity contribution is 0.836. The summed E-state index contributed by atoms with van der Waals surface area (Å²) in [5, 5.41) is 2.60. The Balaban J connectivity index is 0.00000117. The Morgan fingerprint density at radius 3 is 2.55 bits per heavy atom. The number of hydrogen-bond acceptors (Lipinski definition) is 8. The third-order valence-electron chi connectivity index (χ3n) is 4.28. The molecule has 4 aromatic rings. The zero-order valence-corrected chi connectivity index (χ0v) is 16.9. The van der Waals surface area contributed by atoms with E-state index in [9.17, 15) is 0 Å². The Kier molecular flexibility index (Phi) is 6.48. The minimum atomic E-state index is 0.459. The molecule has 0 aliphatic rings. The molecule has 29 heavy (non-hydrogen) atoms. The van der Waals surface area contributed by atoms with Crippen LogP contribution in [0.15, 0.2) is 67.0 Å². The molecule has 3 heterocycles. The summed E-state index contributed by atoms with van der Waals surface area (Å²) in [4.78, 5) is 13.1. The highest BCUT2D eigenvalue weighted by atomic mass is 32.1. The predicted octanol–water partition coefficient (Wildman–Crippen LogP) is 3.28. The van der Waals surface area contributed by atoms with Crippen LogP contribution in [-0.4, -0.2) is 21.2 Å². The Morgan fingerprint density at radius 1 is 0.966 bits per heavy atom. The molecule has 1 aromatic carbocycles. The number of hydrogen-bond donors (Lipinski definition) is 4. The first-order chi connectivity index (χ1) is 14.1. The van der Waals surface area contributed by atoms with E-state index < -0.39 is 0 Å². The maximum Gasteiger partial charge on any atom is 0.166 e. The molecule has 0 spiro atoms. The largest absolute Gasteiger partial charge is 0.396 e. The number of nitrogens with two attached hydrogens (primary N) is 3. The molecule has 6 N–H and O–H groups in total. The van der Waals surface area contributed by atoms with Crippen LogP contribution in [0.1, 0.15) is 5.56 Å². The van der Waals surface area contributed by atoms with Crippen molar-refractivity contribution in [1.29, 1.82) is 0 Å². The fourth-order valence-electron chi connectivity index (χ4n) is 2.90. The number of rotatable bonds is 4. The van der Waals surface area contributed by atoms with Crippen molar-refractivity contribution in [2.75, 3.05) is 22.7 Å². The van der Waals surface area contributed by atoms with Gasteiger partial charge in [0.05, 0.1) is 23.4 Å². The number of pyridine rings is 3. The van der Waals surface area contributed by atoms with E-state index in [0.29, 0.717) is 23.9 Å². The summed E-state index contributed by atoms with van der Waals surface area (Å²) in [7, 11) is 0. The first kappa shape index (κ1) is 20.4. The van der Waals surface area contributed by atoms with Crippen LogP contribution in [0.5, 0.6) is 0 Å². The Labute approximate surface area is 175 Å². The minimum absolute atomic E-state index is 0.459. The van der Waals surface area contributed by atoms with Crippen LogP contribution in [-0.2, 0) is 6.54 Å². The topological polar surface area (TPSA) is 120 Å². The summed E-state index contributed by atoms with van der Waals surface area (Å²) < 4.78 is 0. The van der Waals surface area contributed by atoms with Crippen LogP contribution in [0.25, 0.3) is 22.2 Å². The van der Waals surface area contributed by atoms with Gasteiger partial charge in [0.2, 0.25) is 0 Å². The molecule has 8 heteroatoms. The van der Waals surface area contributed by atoms with Crippen molar-refractivity contribution in [1.82, 2.24) is 15.0 Å². The Bertz CT molecular complexity index is 1100. The molecule has 0 fully saturated rings. The summed E-state index contributed by atoms with van der Waals surface area (Å²) in [5.41, 5.74) is 15.8. The number of thiol groups is 1. The van der Waals surface area contributed by atoms with Crippen molar-refractivity contribution >= 4 is 40.9 Å². The van der Waals surface area contributed by atoms with Gasteiger partial charge in [-0.3, -0.25) is 9.99 Å². The maximum atomic E-state index is 6.28. The molecule has 4 rings (SSSR count). The van der Waals surface area contributed by atoms with E-state index in [0.717, 1.165) is 27.7 Å². The lowest BCUT2D eigenvalue weighted by atomic mass is 10.1. The molecule has 0 saturated carbocycles. The second kappa shape index (κ2) is 9.22. The molecule has 0 aliphatic heterocycles. The third-order valence-corrected chi connectivity index (χ3v) is 4.28. The second-order valence-corrected chi connectivity index (χ2v) is 6.24. The highest BCUT2D eigenvalue weighted by Gasteiger charge is 2.12. The number of hydrazine groups is 1. The van der Waals surface area contributed by atoms with Crippen LogP contribution >= 0.6 is 12.6 Å². The minimum Gasteiger partial charge on any atom is -0.396 e. The van der Waals surface area contributed by atoms with Gasteiger partial charge in [-0.05, 0) is 54.3 Å². The van der Waals surface area contributed by atoms with E-state index in [1.165, 1.54) is 0 Å². The number of nitrogens with zero attached hydrogens (tertiary/aromatic N) is 4. The number of nitrogen functional groups attached to an aromatic ring is 2. The first-order valence-corrected chi connectivity index (χ1v) is 9.78. The van der Waals surface area contributed by atoms with Gasteiger partial charge in [-0.2, -0.15) is 12.6 Å². The predicted molar refractivity (Wildman–Crippen MR) is 123 cm³/mol. The Morgan fingerprint density at radius 2 is 1.79 bits per heavy atom. The average molecular weight is 406 g/mol. The van der Waals surface area contributed by atoms with E-state index in [1.807, 2.05) is 36.4 Å². The van der Waals surface area contributed by atoms with Gasteiger partial charge in [-0.25, -0.2) is 15.8 Å². The van der Waals surface area contributed by atoms with Gasteiger partial charge in [0.1, 0.15) is 5.82 Å². The number of fused-ring (bicyclic) bond motifs is 1. The van der Waals surface area contributed by atoms with Gasteiger partial charge >= 0.3 is 0 Å². The molecule has 7 nitrogen and oxygen atoms in total. The van der Waals surface area contributed by atoms with Crippen LogP contribution in [0, 0.1) is 0 Å². The summed E-state index contributed by atoms with van der Waals surface area (Å²) in [6.45, 7) is 0.464. The van der Waals surface area contributed by atoms with Gasteiger partial charge < -0.3 is 11.5 Å². The molecule has 0 unspecified atom stereocenters. The SMILES string of the molecule is CS.Nc1ccc(-c2ccc(N)c(N(N)Cc3ccc4ncccc4c3)n2)cn1. The standard InChI is InChI=1S/C20H19N7.CH4S/c21-16-5-7-18(15-4-8-19(22)25-11-15)26-20(16)27(23)12-13-3-6-17-14(10-13)2-1-9-24-17;1-2/h1-11H,12,21,23H2,(H2,22,25);2H,1H3. The van der Waals surface area contributed by atoms with Gasteiger partial charge in [0, 0.05) is 23.3 Å². The van der Waals surface area contributed by atoms with Crippen molar-refractivity contribution < 1.29 is 0 Å². The third kappa shape index (κ3) is 4.74. The molecule has 0 bridgehead atoms. The molecule has 148 valence electrons. The van der Waals surface area contributed by atoms with Crippen LogP contribution in [0.4, 0.5) is 17.3 Å². The van der Waals surface area contributed by atoms with Gasteiger partial charge in [-0.1, -0.05) is 12.1 Å². The van der Waals surface area contributed by atoms with E-state index in [4.69, 9.17) is 17.3 Å². The molecule has 3 aromatic heterocycles. The zero-order chi connectivity index (χ0) is 20.8. The van der Waals surface area contributed by atoms with Crippen molar-refractivity contribution in [2.45, 2.75) is 6.54 Å². The van der Waals surface area contributed by atoms with Gasteiger partial charge in [0.25, 0.3) is 0 Å². The molecule has 0 amide bonds. The highest BCUT2D eigenvalue weighted by molar-refractivity contribution is 7.79. The summed E-state index contributed by atoms with van der Waals surface area (Å²) in [6.07, 6.45) is 5.15. The number of anilines is 3. The average Bonchev–Trinajstić information content (AvgIpc) is 2.76.